The molecule has 1 fully saturated rings. The number of morpholine rings is 1. The summed E-state index contributed by atoms with van der Waals surface area (Å²) < 4.78 is 11.7. The molecule has 3 aromatic carbocycles. The second kappa shape index (κ2) is 8.77. The normalized spacial score (nSPS) is 21.0. The number of hydrogen-bond donors (Lipinski definition) is 0. The van der Waals surface area contributed by atoms with Crippen LogP contribution in [0.2, 0.25) is 10.0 Å². The highest BCUT2D eigenvalue weighted by Gasteiger charge is 2.40. The Morgan fingerprint density at radius 2 is 1.65 bits per heavy atom. The molecule has 0 radical (unpaired) electrons. The lowest BCUT2D eigenvalue weighted by atomic mass is 9.90. The molecule has 2 bridgehead atoms. The third kappa shape index (κ3) is 3.70. The van der Waals surface area contributed by atoms with Crippen LogP contribution in [0.25, 0.3) is 16.7 Å². The van der Waals surface area contributed by atoms with Gasteiger partial charge in [0.1, 0.15) is 6.61 Å². The van der Waals surface area contributed by atoms with E-state index >= 15 is 0 Å². The van der Waals surface area contributed by atoms with Gasteiger partial charge in [-0.05, 0) is 51.9 Å². The molecule has 4 nitrogen and oxygen atoms in total. The van der Waals surface area contributed by atoms with Crippen LogP contribution < -0.4 is 0 Å². The summed E-state index contributed by atoms with van der Waals surface area (Å²) in [5.74, 6) is 0.0412. The van der Waals surface area contributed by atoms with E-state index in [2.05, 4.69) is 42.5 Å². The zero-order valence-corrected chi connectivity index (χ0v) is 19.9. The predicted molar refractivity (Wildman–Crippen MR) is 134 cm³/mol. The monoisotopic (exact) mass is 491 g/mol. The fourth-order valence-electron chi connectivity index (χ4n) is 5.46. The molecule has 3 aliphatic rings. The maximum absolute atomic E-state index is 13.3. The molecule has 6 heteroatoms. The van der Waals surface area contributed by atoms with Crippen molar-refractivity contribution in [3.05, 3.63) is 99.5 Å². The molecule has 6 rings (SSSR count). The van der Waals surface area contributed by atoms with Crippen molar-refractivity contribution in [1.82, 2.24) is 4.90 Å². The van der Waals surface area contributed by atoms with E-state index in [0.29, 0.717) is 36.3 Å². The Kier molecular flexibility index (Phi) is 5.60. The molecule has 2 aliphatic heterocycles. The van der Waals surface area contributed by atoms with Crippen molar-refractivity contribution in [1.29, 1.82) is 0 Å². The number of carbonyl (C=O) groups excluding carboxylic acids is 1. The molecule has 1 aliphatic carbocycles. The minimum absolute atomic E-state index is 0.0412. The molecule has 1 saturated heterocycles. The van der Waals surface area contributed by atoms with E-state index in [-0.39, 0.29) is 24.1 Å². The van der Waals surface area contributed by atoms with Crippen LogP contribution in [-0.4, -0.2) is 42.9 Å². The number of amides is 1. The topological polar surface area (TPSA) is 38.8 Å². The SMILES string of the molecule is O=C(OCC1c2ccccc2-c2ccccc21)N1C2C=C(c3ccc(Cl)c(Cl)c3)CC1COC2. The van der Waals surface area contributed by atoms with E-state index in [1.165, 1.54) is 22.3 Å². The van der Waals surface area contributed by atoms with Gasteiger partial charge in [0.25, 0.3) is 0 Å². The Labute approximate surface area is 208 Å². The van der Waals surface area contributed by atoms with Crippen LogP contribution in [0.3, 0.4) is 0 Å². The largest absolute Gasteiger partial charge is 0.448 e. The minimum Gasteiger partial charge on any atom is -0.448 e. The first kappa shape index (κ1) is 21.7. The Morgan fingerprint density at radius 3 is 2.32 bits per heavy atom. The van der Waals surface area contributed by atoms with Crippen molar-refractivity contribution < 1.29 is 14.3 Å². The predicted octanol–water partition coefficient (Wildman–Crippen LogP) is 6.80. The number of halogens is 2. The van der Waals surface area contributed by atoms with Crippen LogP contribution in [0.1, 0.15) is 29.0 Å². The number of nitrogens with zero attached hydrogens (tertiary/aromatic N) is 1. The molecule has 0 spiro atoms. The molecule has 3 aromatic rings. The standard InChI is InChI=1S/C28H23Cl2NO3/c29-26-10-9-17(13-27(26)30)18-11-19-14-33-15-20(12-18)31(19)28(32)34-16-25-23-7-3-1-5-21(23)22-6-2-4-8-24(22)25/h1-11,13,19-20,25H,12,14-16H2. The van der Waals surface area contributed by atoms with Crippen LogP contribution >= 0.6 is 23.2 Å². The number of ether oxygens (including phenoxy) is 2. The molecule has 0 N–H and O–H groups in total. The summed E-state index contributed by atoms with van der Waals surface area (Å²) in [6.45, 7) is 1.25. The third-order valence-electron chi connectivity index (χ3n) is 7.04. The van der Waals surface area contributed by atoms with E-state index in [9.17, 15) is 4.79 Å². The van der Waals surface area contributed by atoms with Gasteiger partial charge in [-0.3, -0.25) is 4.90 Å². The molecule has 1 amide bonds. The minimum atomic E-state index is -0.287. The molecule has 172 valence electrons. The number of hydrogen-bond acceptors (Lipinski definition) is 3. The summed E-state index contributed by atoms with van der Waals surface area (Å²) in [4.78, 5) is 15.2. The van der Waals surface area contributed by atoms with E-state index in [4.69, 9.17) is 32.7 Å². The molecule has 0 saturated carbocycles. The Bertz CT molecular complexity index is 1260. The Balaban J connectivity index is 1.22. The molecule has 34 heavy (non-hydrogen) atoms. The molecule has 2 atom stereocenters. The first-order valence-electron chi connectivity index (χ1n) is 11.5. The van der Waals surface area contributed by atoms with Gasteiger partial charge in [-0.15, -0.1) is 0 Å². The summed E-state index contributed by atoms with van der Waals surface area (Å²) in [7, 11) is 0. The van der Waals surface area contributed by atoms with Gasteiger partial charge >= 0.3 is 6.09 Å². The maximum atomic E-state index is 13.3. The fraction of sp³-hybridized carbons (Fsp3) is 0.250. The second-order valence-corrected chi connectivity index (χ2v) is 9.81. The molecule has 2 heterocycles. The Morgan fingerprint density at radius 1 is 0.941 bits per heavy atom. The van der Waals surface area contributed by atoms with E-state index in [1.807, 2.05) is 35.2 Å². The van der Waals surface area contributed by atoms with Gasteiger partial charge < -0.3 is 9.47 Å². The quantitative estimate of drug-likeness (QED) is 0.404. The van der Waals surface area contributed by atoms with Gasteiger partial charge in [0.05, 0.1) is 35.3 Å². The smallest absolute Gasteiger partial charge is 0.410 e. The number of carbonyl (C=O) groups is 1. The van der Waals surface area contributed by atoms with E-state index in [1.54, 1.807) is 0 Å². The second-order valence-electron chi connectivity index (χ2n) is 8.99. The van der Waals surface area contributed by atoms with Crippen molar-refractivity contribution in [3.63, 3.8) is 0 Å². The highest BCUT2D eigenvalue weighted by molar-refractivity contribution is 6.42. The average molecular weight is 492 g/mol. The first-order valence-corrected chi connectivity index (χ1v) is 12.2. The van der Waals surface area contributed by atoms with Crippen molar-refractivity contribution >= 4 is 34.9 Å². The average Bonchev–Trinajstić information content (AvgIpc) is 3.17. The number of benzene rings is 3. The van der Waals surface area contributed by atoms with Crippen molar-refractivity contribution in [2.45, 2.75) is 24.4 Å². The summed E-state index contributed by atoms with van der Waals surface area (Å²) >= 11 is 12.3. The van der Waals surface area contributed by atoms with Crippen LogP contribution in [0.4, 0.5) is 4.79 Å². The third-order valence-corrected chi connectivity index (χ3v) is 7.77. The van der Waals surface area contributed by atoms with Crippen LogP contribution in [0, 0.1) is 0 Å². The van der Waals surface area contributed by atoms with Gasteiger partial charge in [0, 0.05) is 5.92 Å². The maximum Gasteiger partial charge on any atom is 0.410 e. The lowest BCUT2D eigenvalue weighted by Gasteiger charge is -2.44. The van der Waals surface area contributed by atoms with Gasteiger partial charge in [-0.2, -0.15) is 0 Å². The zero-order valence-electron chi connectivity index (χ0n) is 18.4. The number of fused-ring (bicyclic) bond motifs is 5. The van der Waals surface area contributed by atoms with Gasteiger partial charge in [-0.25, -0.2) is 4.79 Å². The lowest BCUT2D eigenvalue weighted by molar-refractivity contribution is -0.0331. The first-order chi connectivity index (χ1) is 16.6. The van der Waals surface area contributed by atoms with Crippen LogP contribution in [-0.2, 0) is 9.47 Å². The van der Waals surface area contributed by atoms with E-state index in [0.717, 1.165) is 11.1 Å². The highest BCUT2D eigenvalue weighted by atomic mass is 35.5. The number of rotatable bonds is 3. The van der Waals surface area contributed by atoms with Crippen molar-refractivity contribution in [2.24, 2.45) is 0 Å². The highest BCUT2D eigenvalue weighted by Crippen LogP contribution is 2.44. The summed E-state index contributed by atoms with van der Waals surface area (Å²) in [5.41, 5.74) is 7.03. The van der Waals surface area contributed by atoms with Crippen LogP contribution in [0.15, 0.2) is 72.8 Å². The van der Waals surface area contributed by atoms with Crippen LogP contribution in [0.5, 0.6) is 0 Å². The summed E-state index contributed by atoms with van der Waals surface area (Å²) in [5, 5.41) is 1.06. The molecule has 0 aromatic heterocycles. The molecular weight excluding hydrogens is 469 g/mol. The molecule has 2 unspecified atom stereocenters. The van der Waals surface area contributed by atoms with Gasteiger partial charge in [0.2, 0.25) is 0 Å². The van der Waals surface area contributed by atoms with Crippen molar-refractivity contribution in [3.8, 4) is 11.1 Å². The van der Waals surface area contributed by atoms with Gasteiger partial charge in [0.15, 0.2) is 0 Å². The Hall–Kier alpha value is -2.79. The van der Waals surface area contributed by atoms with E-state index < -0.39 is 0 Å². The van der Waals surface area contributed by atoms with Crippen molar-refractivity contribution in [2.75, 3.05) is 19.8 Å². The van der Waals surface area contributed by atoms with Gasteiger partial charge in [-0.1, -0.05) is 83.9 Å². The fourth-order valence-corrected chi connectivity index (χ4v) is 5.76. The lowest BCUT2D eigenvalue weighted by Crippen LogP contribution is -2.56. The summed E-state index contributed by atoms with van der Waals surface area (Å²) in [6.07, 6.45) is 2.49. The summed E-state index contributed by atoms with van der Waals surface area (Å²) in [6, 6.07) is 22.1. The molecular formula is C28H23Cl2NO3. The zero-order chi connectivity index (χ0) is 23.2.